The average molecular weight is 328 g/mol. The zero-order chi connectivity index (χ0) is 15.8. The van der Waals surface area contributed by atoms with Gasteiger partial charge in [-0.3, -0.25) is 4.79 Å². The highest BCUT2D eigenvalue weighted by Gasteiger charge is 2.28. The third-order valence-electron chi connectivity index (χ3n) is 4.20. The first kappa shape index (κ1) is 14.3. The van der Waals surface area contributed by atoms with Gasteiger partial charge in [-0.2, -0.15) is 4.98 Å². The Morgan fingerprint density at radius 2 is 2.35 bits per heavy atom. The van der Waals surface area contributed by atoms with Gasteiger partial charge < -0.3 is 9.42 Å². The van der Waals surface area contributed by atoms with E-state index in [-0.39, 0.29) is 11.8 Å². The van der Waals surface area contributed by atoms with Crippen LogP contribution in [0.1, 0.15) is 40.8 Å². The summed E-state index contributed by atoms with van der Waals surface area (Å²) in [4.78, 5) is 23.2. The molecular weight excluding hydrogens is 312 g/mol. The lowest BCUT2D eigenvalue weighted by Gasteiger charge is -2.31. The number of hydrogen-bond acceptors (Lipinski definition) is 6. The second-order valence-electron chi connectivity index (χ2n) is 5.80. The number of aryl methyl sites for hydroxylation is 1. The topological polar surface area (TPSA) is 72.1 Å². The molecule has 1 aliphatic heterocycles. The molecule has 1 atom stereocenters. The maximum absolute atomic E-state index is 12.8. The molecule has 6 nitrogen and oxygen atoms in total. The quantitative estimate of drug-likeness (QED) is 0.723. The average Bonchev–Trinajstić information content (AvgIpc) is 3.22. The Kier molecular flexibility index (Phi) is 3.57. The predicted molar refractivity (Wildman–Crippen MR) is 86.5 cm³/mol. The van der Waals surface area contributed by atoms with Crippen LogP contribution in [-0.4, -0.2) is 39.0 Å². The molecular formula is C16H16N4O2S. The van der Waals surface area contributed by atoms with E-state index in [1.54, 1.807) is 23.8 Å². The molecule has 1 saturated heterocycles. The summed E-state index contributed by atoms with van der Waals surface area (Å²) in [5.74, 6) is 1.49. The number of likely N-dealkylation sites (tertiary alicyclic amines) is 1. The first-order chi connectivity index (χ1) is 11.2. The van der Waals surface area contributed by atoms with Gasteiger partial charge in [0.2, 0.25) is 5.89 Å². The van der Waals surface area contributed by atoms with Gasteiger partial charge >= 0.3 is 0 Å². The monoisotopic (exact) mass is 328 g/mol. The fourth-order valence-corrected chi connectivity index (χ4v) is 3.74. The maximum atomic E-state index is 12.8. The van der Waals surface area contributed by atoms with Crippen molar-refractivity contribution in [3.05, 3.63) is 41.0 Å². The summed E-state index contributed by atoms with van der Waals surface area (Å²) in [6, 6.07) is 5.69. The molecule has 0 N–H and O–H groups in total. The van der Waals surface area contributed by atoms with Gasteiger partial charge in [-0.15, -0.1) is 11.3 Å². The Labute approximate surface area is 137 Å². The van der Waals surface area contributed by atoms with Crippen LogP contribution in [0, 0.1) is 6.92 Å². The molecule has 0 bridgehead atoms. The SMILES string of the molecule is Cc1nc([C@H]2CCCN(C(=O)c3ccc4ncsc4c3)C2)no1. The van der Waals surface area contributed by atoms with Gasteiger partial charge in [-0.1, -0.05) is 5.16 Å². The van der Waals surface area contributed by atoms with E-state index in [2.05, 4.69) is 15.1 Å². The second kappa shape index (κ2) is 5.73. The summed E-state index contributed by atoms with van der Waals surface area (Å²) >= 11 is 1.55. The molecule has 1 aliphatic rings. The van der Waals surface area contributed by atoms with E-state index in [1.807, 2.05) is 23.1 Å². The molecule has 4 rings (SSSR count). The number of nitrogens with zero attached hydrogens (tertiary/aromatic N) is 4. The van der Waals surface area contributed by atoms with Crippen LogP contribution in [0.5, 0.6) is 0 Å². The molecule has 1 aromatic carbocycles. The lowest BCUT2D eigenvalue weighted by Crippen LogP contribution is -2.39. The summed E-state index contributed by atoms with van der Waals surface area (Å²) in [6.45, 7) is 3.19. The predicted octanol–water partition coefficient (Wildman–Crippen LogP) is 3.01. The molecule has 3 aromatic rings. The number of hydrogen-bond donors (Lipinski definition) is 0. The molecule has 1 fully saturated rings. The van der Waals surface area contributed by atoms with Crippen LogP contribution in [0.2, 0.25) is 0 Å². The van der Waals surface area contributed by atoms with Crippen molar-refractivity contribution in [1.82, 2.24) is 20.0 Å². The van der Waals surface area contributed by atoms with Crippen molar-refractivity contribution in [3.63, 3.8) is 0 Å². The van der Waals surface area contributed by atoms with Crippen LogP contribution in [0.25, 0.3) is 10.2 Å². The molecule has 3 heterocycles. The minimum atomic E-state index is 0.0604. The van der Waals surface area contributed by atoms with E-state index >= 15 is 0 Å². The standard InChI is InChI=1S/C16H16N4O2S/c1-10-18-15(19-22-10)12-3-2-6-20(8-12)16(21)11-4-5-13-14(7-11)23-9-17-13/h4-5,7,9,12H,2-3,6,8H2,1H3/t12-/m0/s1. The van der Waals surface area contributed by atoms with Crippen molar-refractivity contribution in [2.45, 2.75) is 25.7 Å². The second-order valence-corrected chi connectivity index (χ2v) is 6.68. The molecule has 7 heteroatoms. The van der Waals surface area contributed by atoms with Gasteiger partial charge in [0.1, 0.15) is 0 Å². The molecule has 0 saturated carbocycles. The third kappa shape index (κ3) is 2.72. The normalized spacial score (nSPS) is 18.5. The van der Waals surface area contributed by atoms with E-state index < -0.39 is 0 Å². The van der Waals surface area contributed by atoms with E-state index in [1.165, 1.54) is 0 Å². The van der Waals surface area contributed by atoms with Gasteiger partial charge in [0, 0.05) is 31.5 Å². The van der Waals surface area contributed by atoms with Crippen LogP contribution in [0.15, 0.2) is 28.2 Å². The minimum Gasteiger partial charge on any atom is -0.340 e. The van der Waals surface area contributed by atoms with Gasteiger partial charge in [-0.25, -0.2) is 4.98 Å². The first-order valence-corrected chi connectivity index (χ1v) is 8.51. The summed E-state index contributed by atoms with van der Waals surface area (Å²) in [7, 11) is 0. The Morgan fingerprint density at radius 3 is 3.17 bits per heavy atom. The molecule has 118 valence electrons. The number of fused-ring (bicyclic) bond motifs is 1. The van der Waals surface area contributed by atoms with Gasteiger partial charge in [-0.05, 0) is 31.0 Å². The summed E-state index contributed by atoms with van der Waals surface area (Å²) < 4.78 is 6.11. The van der Waals surface area contributed by atoms with Crippen molar-refractivity contribution >= 4 is 27.5 Å². The number of benzene rings is 1. The van der Waals surface area contributed by atoms with Crippen molar-refractivity contribution in [2.24, 2.45) is 0 Å². The largest absolute Gasteiger partial charge is 0.340 e. The number of thiazole rings is 1. The number of aromatic nitrogens is 3. The fourth-order valence-electron chi connectivity index (χ4n) is 3.02. The number of carbonyl (C=O) groups excluding carboxylic acids is 1. The number of rotatable bonds is 2. The Morgan fingerprint density at radius 1 is 1.43 bits per heavy atom. The highest BCUT2D eigenvalue weighted by atomic mass is 32.1. The van der Waals surface area contributed by atoms with Crippen molar-refractivity contribution < 1.29 is 9.32 Å². The Balaban J connectivity index is 1.55. The Hall–Kier alpha value is -2.28. The van der Waals surface area contributed by atoms with Crippen LogP contribution in [0.3, 0.4) is 0 Å². The van der Waals surface area contributed by atoms with E-state index in [9.17, 15) is 4.79 Å². The molecule has 0 radical (unpaired) electrons. The highest BCUT2D eigenvalue weighted by Crippen LogP contribution is 2.27. The lowest BCUT2D eigenvalue weighted by molar-refractivity contribution is 0.0704. The van der Waals surface area contributed by atoms with Gasteiger partial charge in [0.15, 0.2) is 5.82 Å². The molecule has 23 heavy (non-hydrogen) atoms. The molecule has 1 amide bonds. The van der Waals surface area contributed by atoms with E-state index in [0.717, 1.165) is 29.6 Å². The number of amides is 1. The fraction of sp³-hybridized carbons (Fsp3) is 0.375. The van der Waals surface area contributed by atoms with Crippen molar-refractivity contribution in [3.8, 4) is 0 Å². The van der Waals surface area contributed by atoms with E-state index in [0.29, 0.717) is 23.8 Å². The van der Waals surface area contributed by atoms with Crippen LogP contribution in [-0.2, 0) is 0 Å². The molecule has 2 aromatic heterocycles. The van der Waals surface area contributed by atoms with E-state index in [4.69, 9.17) is 4.52 Å². The van der Waals surface area contributed by atoms with Crippen LogP contribution >= 0.6 is 11.3 Å². The summed E-state index contributed by atoms with van der Waals surface area (Å²) in [6.07, 6.45) is 1.93. The highest BCUT2D eigenvalue weighted by molar-refractivity contribution is 7.16. The number of carbonyl (C=O) groups is 1. The zero-order valence-corrected chi connectivity index (χ0v) is 13.5. The summed E-state index contributed by atoms with van der Waals surface area (Å²) in [5.41, 5.74) is 3.45. The number of piperidine rings is 1. The van der Waals surface area contributed by atoms with Crippen LogP contribution < -0.4 is 0 Å². The van der Waals surface area contributed by atoms with Crippen LogP contribution in [0.4, 0.5) is 0 Å². The molecule has 0 spiro atoms. The third-order valence-corrected chi connectivity index (χ3v) is 4.99. The van der Waals surface area contributed by atoms with Gasteiger partial charge in [0.25, 0.3) is 5.91 Å². The smallest absolute Gasteiger partial charge is 0.253 e. The molecule has 0 unspecified atom stereocenters. The minimum absolute atomic E-state index is 0.0604. The van der Waals surface area contributed by atoms with Crippen molar-refractivity contribution in [2.75, 3.05) is 13.1 Å². The maximum Gasteiger partial charge on any atom is 0.253 e. The van der Waals surface area contributed by atoms with Crippen molar-refractivity contribution in [1.29, 1.82) is 0 Å². The Bertz CT molecular complexity index is 857. The zero-order valence-electron chi connectivity index (χ0n) is 12.7. The summed E-state index contributed by atoms with van der Waals surface area (Å²) in [5, 5.41) is 4.01. The van der Waals surface area contributed by atoms with Gasteiger partial charge in [0.05, 0.1) is 15.7 Å². The molecule has 0 aliphatic carbocycles. The first-order valence-electron chi connectivity index (χ1n) is 7.63. The lowest BCUT2D eigenvalue weighted by atomic mass is 9.96.